The van der Waals surface area contributed by atoms with Gasteiger partial charge in [-0.2, -0.15) is 0 Å². The van der Waals surface area contributed by atoms with E-state index in [0.717, 1.165) is 31.4 Å². The highest BCUT2D eigenvalue weighted by atomic mass is 32.2. The zero-order valence-electron chi connectivity index (χ0n) is 41.2. The molecule has 378 valence electrons. The number of piperidine rings is 1. The molecule has 3 unspecified atom stereocenters. The second kappa shape index (κ2) is 25.8. The Bertz CT molecular complexity index is 1770. The Morgan fingerprint density at radius 2 is 1.63 bits per heavy atom. The maximum absolute atomic E-state index is 14.5. The first-order valence-electron chi connectivity index (χ1n) is 24.6. The summed E-state index contributed by atoms with van der Waals surface area (Å²) >= 11 is 1.61. The first kappa shape index (κ1) is 55.0. The lowest BCUT2D eigenvalue weighted by Gasteiger charge is -2.47. The largest absolute Gasteiger partial charge is 0.465 e. The van der Waals surface area contributed by atoms with E-state index in [1.165, 1.54) is 19.1 Å². The molecular weight excluding hydrogens is 883 g/mol. The predicted octanol–water partition coefficient (Wildman–Crippen LogP) is 6.10. The van der Waals surface area contributed by atoms with E-state index in [1.807, 2.05) is 19.9 Å². The van der Waals surface area contributed by atoms with Crippen molar-refractivity contribution in [3.8, 4) is 0 Å². The molecule has 2 N–H and O–H groups in total. The molecule has 2 bridgehead atoms. The van der Waals surface area contributed by atoms with Crippen molar-refractivity contribution in [1.82, 2.24) is 4.90 Å². The van der Waals surface area contributed by atoms with Crippen LogP contribution in [0.1, 0.15) is 118 Å². The van der Waals surface area contributed by atoms with Gasteiger partial charge in [-0.3, -0.25) is 19.2 Å². The van der Waals surface area contributed by atoms with Gasteiger partial charge in [-0.1, -0.05) is 45.9 Å². The summed E-state index contributed by atoms with van der Waals surface area (Å²) in [6, 6.07) is -1.15. The molecular formula is C51H79NO14S. The molecule has 4 aliphatic heterocycles. The van der Waals surface area contributed by atoms with Crippen molar-refractivity contribution in [2.75, 3.05) is 46.8 Å². The summed E-state index contributed by atoms with van der Waals surface area (Å²) in [7, 11) is 4.73. The molecule has 16 heteroatoms. The topological polar surface area (TPSA) is 194 Å². The monoisotopic (exact) mass is 962 g/mol. The molecule has 5 aliphatic rings. The average molecular weight is 962 g/mol. The second-order valence-corrected chi connectivity index (χ2v) is 21.1. The van der Waals surface area contributed by atoms with E-state index in [-0.39, 0.29) is 72.8 Å². The van der Waals surface area contributed by atoms with Gasteiger partial charge in [-0.25, -0.2) is 4.79 Å². The molecule has 0 spiro atoms. The molecule has 67 heavy (non-hydrogen) atoms. The number of amides is 1. The summed E-state index contributed by atoms with van der Waals surface area (Å²) < 4.78 is 41.8. The van der Waals surface area contributed by atoms with Crippen LogP contribution in [0.15, 0.2) is 36.0 Å². The number of aliphatic hydroxyl groups excluding tert-OH is 1. The van der Waals surface area contributed by atoms with Crippen LogP contribution in [0.25, 0.3) is 0 Å². The van der Waals surface area contributed by atoms with Crippen LogP contribution in [0.5, 0.6) is 0 Å². The fourth-order valence-electron chi connectivity index (χ4n) is 10.8. The van der Waals surface area contributed by atoms with E-state index >= 15 is 0 Å². The first-order chi connectivity index (χ1) is 31.9. The van der Waals surface area contributed by atoms with Gasteiger partial charge in [0.15, 0.2) is 5.78 Å². The Morgan fingerprint density at radius 3 is 2.30 bits per heavy atom. The SMILES string of the molecule is C=CCC1=CC(C)C[C@H](C)C[C@H](OC)C2O[C@@](O)(C(=O)C(=O)N3CCCC[C@H]3C(=O)O[C@H](C(C)=C[C@@H]3CC[C@@H](OCCCSC4CCOC4=O)[C@H](OC)C3)[C@H](C)[C@@H](O)CC1=O)[C@H](C)C[C@@H]2OC. The van der Waals surface area contributed by atoms with Gasteiger partial charge in [0.25, 0.3) is 11.7 Å². The molecule has 3 saturated heterocycles. The first-order valence-corrected chi connectivity index (χ1v) is 25.7. The molecule has 1 saturated carbocycles. The molecule has 0 aromatic rings. The number of ether oxygens (including phenoxy) is 7. The summed E-state index contributed by atoms with van der Waals surface area (Å²) in [5, 5.41) is 23.9. The highest BCUT2D eigenvalue weighted by Gasteiger charge is 2.56. The number of carbonyl (C=O) groups excluding carboxylic acids is 5. The number of rotatable bonds is 13. The van der Waals surface area contributed by atoms with Crippen molar-refractivity contribution in [2.24, 2.45) is 29.6 Å². The quantitative estimate of drug-likeness (QED) is 0.0930. The molecule has 1 aliphatic carbocycles. The Hall–Kier alpha value is -2.96. The number of esters is 2. The van der Waals surface area contributed by atoms with E-state index in [2.05, 4.69) is 19.6 Å². The zero-order valence-corrected chi connectivity index (χ0v) is 42.0. The molecule has 0 radical (unpaired) electrons. The number of thioether (sulfide) groups is 1. The summed E-state index contributed by atoms with van der Waals surface area (Å²) in [6.45, 7) is 14.3. The minimum absolute atomic E-state index is 0.0115. The third-order valence-corrected chi connectivity index (χ3v) is 16.0. The van der Waals surface area contributed by atoms with Crippen molar-refractivity contribution < 1.29 is 67.3 Å². The molecule has 4 fully saturated rings. The van der Waals surface area contributed by atoms with Crippen molar-refractivity contribution in [1.29, 1.82) is 0 Å². The van der Waals surface area contributed by atoms with Gasteiger partial charge < -0.3 is 48.3 Å². The Kier molecular flexibility index (Phi) is 21.1. The van der Waals surface area contributed by atoms with Crippen LogP contribution in [-0.4, -0.2) is 151 Å². The van der Waals surface area contributed by atoms with Gasteiger partial charge in [0.1, 0.15) is 23.5 Å². The Balaban J connectivity index is 1.42. The molecule has 15 atom stereocenters. The number of Topliss-reactive ketones (excluding diaryl/α,β-unsaturated/α-hetero) is 2. The number of aliphatic hydroxyl groups is 2. The smallest absolute Gasteiger partial charge is 0.329 e. The number of hydrogen-bond donors (Lipinski definition) is 2. The number of fused-ring (bicyclic) bond motifs is 3. The van der Waals surface area contributed by atoms with E-state index in [1.54, 1.807) is 38.8 Å². The van der Waals surface area contributed by atoms with Crippen LogP contribution >= 0.6 is 11.8 Å². The highest BCUT2D eigenvalue weighted by Crippen LogP contribution is 2.39. The van der Waals surface area contributed by atoms with Crippen LogP contribution in [0.4, 0.5) is 0 Å². The van der Waals surface area contributed by atoms with E-state index in [0.29, 0.717) is 62.9 Å². The summed E-state index contributed by atoms with van der Waals surface area (Å²) in [4.78, 5) is 70.3. The van der Waals surface area contributed by atoms with Crippen molar-refractivity contribution in [3.05, 3.63) is 36.0 Å². The lowest BCUT2D eigenvalue weighted by Crippen LogP contribution is -2.64. The number of cyclic esters (lactones) is 2. The standard InChI is InChI=1S/C51H79NO14S/c1-10-14-36-24-30(2)23-31(3)25-42(61-8)46-43(62-9)27-33(5)51(59,66-46)47(55)48(56)52-19-12-11-15-37(52)49(57)65-45(34(6)38(53)29-39(36)54)32(4)26-35-16-17-40(41(28-35)60-7)63-20-13-22-67-44-18-21-64-50(44)58/h10,24,26,30-31,33-35,37-38,40-46,53,59H,1,11-23,25,27-29H2,2-9H3/t30?,31-,33+,34+,35-,37-,38-,40+,41+,42-,43-,44?,45+,46?,51+/m0/s1. The molecule has 1 amide bonds. The normalized spacial score (nSPS) is 38.1. The number of allylic oxidation sites excluding steroid dienone is 4. The maximum Gasteiger partial charge on any atom is 0.329 e. The van der Waals surface area contributed by atoms with Crippen LogP contribution in [0.3, 0.4) is 0 Å². The van der Waals surface area contributed by atoms with Gasteiger partial charge in [0, 0.05) is 59.2 Å². The van der Waals surface area contributed by atoms with Crippen molar-refractivity contribution in [2.45, 2.75) is 178 Å². The summed E-state index contributed by atoms with van der Waals surface area (Å²) in [5.74, 6) is -6.69. The van der Waals surface area contributed by atoms with Crippen LogP contribution in [0.2, 0.25) is 0 Å². The van der Waals surface area contributed by atoms with Gasteiger partial charge >= 0.3 is 11.9 Å². The zero-order chi connectivity index (χ0) is 49.0. The lowest BCUT2D eigenvalue weighted by atomic mass is 9.81. The van der Waals surface area contributed by atoms with Gasteiger partial charge in [-0.05, 0) is 112 Å². The predicted molar refractivity (Wildman–Crippen MR) is 253 cm³/mol. The van der Waals surface area contributed by atoms with Crippen LogP contribution < -0.4 is 0 Å². The number of hydrogen-bond acceptors (Lipinski definition) is 15. The van der Waals surface area contributed by atoms with Gasteiger partial charge in [-0.15, -0.1) is 18.3 Å². The molecule has 15 nitrogen and oxygen atoms in total. The summed E-state index contributed by atoms with van der Waals surface area (Å²) in [5.41, 5.74) is 1.20. The third-order valence-electron chi connectivity index (χ3n) is 14.7. The van der Waals surface area contributed by atoms with E-state index < -0.39 is 71.8 Å². The highest BCUT2D eigenvalue weighted by molar-refractivity contribution is 8.00. The Labute approximate surface area is 402 Å². The molecule has 5 rings (SSSR count). The maximum atomic E-state index is 14.5. The minimum Gasteiger partial charge on any atom is -0.465 e. The second-order valence-electron chi connectivity index (χ2n) is 19.8. The van der Waals surface area contributed by atoms with Gasteiger partial charge in [0.2, 0.25) is 5.79 Å². The fraction of sp³-hybridized carbons (Fsp3) is 0.784. The number of methoxy groups -OCH3 is 3. The molecule has 0 aromatic heterocycles. The van der Waals surface area contributed by atoms with Crippen LogP contribution in [-0.2, 0) is 57.1 Å². The fourth-order valence-corrected chi connectivity index (χ4v) is 11.8. The van der Waals surface area contributed by atoms with E-state index in [4.69, 9.17) is 33.2 Å². The third kappa shape index (κ3) is 14.1. The number of ketones is 2. The Morgan fingerprint density at radius 1 is 0.910 bits per heavy atom. The number of nitrogens with zero attached hydrogens (tertiary/aromatic N) is 1. The summed E-state index contributed by atoms with van der Waals surface area (Å²) in [6.07, 6.45) is 7.43. The van der Waals surface area contributed by atoms with E-state index in [9.17, 15) is 34.2 Å². The van der Waals surface area contributed by atoms with Crippen molar-refractivity contribution in [3.63, 3.8) is 0 Å². The molecule has 4 heterocycles. The van der Waals surface area contributed by atoms with Gasteiger partial charge in [0.05, 0.1) is 37.1 Å². The minimum atomic E-state index is -2.52. The average Bonchev–Trinajstić information content (AvgIpc) is 3.73. The number of carbonyl (C=O) groups is 5. The lowest BCUT2D eigenvalue weighted by molar-refractivity contribution is -0.302. The molecule has 0 aromatic carbocycles. The van der Waals surface area contributed by atoms with Crippen LogP contribution in [0, 0.1) is 29.6 Å². The van der Waals surface area contributed by atoms with Crippen molar-refractivity contribution >= 4 is 41.2 Å².